The summed E-state index contributed by atoms with van der Waals surface area (Å²) in [4.78, 5) is 43.5. The monoisotopic (exact) mass is 319 g/mol. The van der Waals surface area contributed by atoms with Crippen LogP contribution >= 0.6 is 11.8 Å². The molecule has 1 rings (SSSR count). The number of alkyl halides is 2. The molecule has 7 nitrogen and oxygen atoms in total. The summed E-state index contributed by atoms with van der Waals surface area (Å²) >= 11 is 0.144. The molecule has 112 valence electrons. The molecule has 10 heteroatoms. The van der Waals surface area contributed by atoms with Crippen LogP contribution < -0.4 is 0 Å². The topological polar surface area (TPSA) is 101 Å². The summed E-state index contributed by atoms with van der Waals surface area (Å²) in [7, 11) is 0. The minimum Gasteiger partial charge on any atom is -0.464 e. The van der Waals surface area contributed by atoms with Crippen LogP contribution in [0.2, 0.25) is 0 Å². The Morgan fingerprint density at radius 2 is 2.10 bits per heavy atom. The number of rotatable bonds is 4. The van der Waals surface area contributed by atoms with Crippen LogP contribution in [0.1, 0.15) is 12.8 Å². The highest BCUT2D eigenvalue weighted by Crippen LogP contribution is 2.31. The molecule has 0 saturated carbocycles. The smallest absolute Gasteiger partial charge is 0.422 e. The molecule has 0 spiro atoms. The van der Waals surface area contributed by atoms with Gasteiger partial charge in [-0.05, 0) is 11.8 Å². The van der Waals surface area contributed by atoms with Crippen LogP contribution in [0.5, 0.6) is 0 Å². The van der Waals surface area contributed by atoms with Gasteiger partial charge in [-0.2, -0.15) is 13.7 Å². The molecule has 0 aliphatic carbocycles. The number of carbonyl (C=O) groups excluding carboxylic acids is 3. The number of imide groups is 3. The van der Waals surface area contributed by atoms with Crippen molar-refractivity contribution in [3.05, 3.63) is 11.2 Å². The van der Waals surface area contributed by atoms with E-state index in [-0.39, 0.29) is 23.1 Å². The maximum absolute atomic E-state index is 13.2. The zero-order valence-electron chi connectivity index (χ0n) is 10.2. The van der Waals surface area contributed by atoms with E-state index in [2.05, 4.69) is 4.74 Å². The van der Waals surface area contributed by atoms with E-state index in [4.69, 9.17) is 11.5 Å². The van der Waals surface area contributed by atoms with E-state index in [0.29, 0.717) is 6.26 Å². The zero-order chi connectivity index (χ0) is 16.2. The van der Waals surface area contributed by atoms with Gasteiger partial charge in [-0.15, -0.1) is 12.3 Å². The first-order chi connectivity index (χ1) is 9.70. The van der Waals surface area contributed by atoms with Crippen molar-refractivity contribution in [3.8, 4) is 12.3 Å². The number of carbonyl (C=O) groups is 4. The van der Waals surface area contributed by atoms with Gasteiger partial charge >= 0.3 is 23.2 Å². The first-order valence-corrected chi connectivity index (χ1v) is 6.04. The number of nitrogens with zero attached hydrogens (tertiary/aromatic N) is 1. The highest BCUT2D eigenvalue weighted by molar-refractivity contribution is 8.18. The van der Waals surface area contributed by atoms with Gasteiger partial charge in [0, 0.05) is 12.8 Å². The van der Waals surface area contributed by atoms with E-state index in [1.54, 1.807) is 0 Å². The lowest BCUT2D eigenvalue weighted by Gasteiger charge is -2.11. The van der Waals surface area contributed by atoms with Gasteiger partial charge in [-0.1, -0.05) is 0 Å². The molecule has 1 aliphatic rings. The van der Waals surface area contributed by atoms with Crippen LogP contribution in [0.3, 0.4) is 0 Å². The number of ether oxygens (including phenoxy) is 1. The van der Waals surface area contributed by atoms with Crippen molar-refractivity contribution >= 4 is 35.0 Å². The van der Waals surface area contributed by atoms with Crippen LogP contribution in [-0.2, 0) is 14.3 Å². The average molecular weight is 319 g/mol. The van der Waals surface area contributed by atoms with Crippen molar-refractivity contribution in [1.82, 2.24) is 4.90 Å². The van der Waals surface area contributed by atoms with Gasteiger partial charge in [0.05, 0.1) is 0 Å². The van der Waals surface area contributed by atoms with E-state index >= 15 is 0 Å². The first-order valence-electron chi connectivity index (χ1n) is 5.22. The number of carboxylic acid groups (broad SMARTS) is 1. The minimum absolute atomic E-state index is 0.138. The van der Waals surface area contributed by atoms with Gasteiger partial charge in [0.15, 0.2) is 0 Å². The second kappa shape index (κ2) is 6.36. The second-order valence-corrected chi connectivity index (χ2v) is 4.58. The summed E-state index contributed by atoms with van der Waals surface area (Å²) in [6, 6.07) is 0. The summed E-state index contributed by atoms with van der Waals surface area (Å²) in [6.45, 7) is 0. The molecule has 0 atom stereocenters. The summed E-state index contributed by atoms with van der Waals surface area (Å²) in [5, 5.41) is 7.43. The van der Waals surface area contributed by atoms with Crippen molar-refractivity contribution in [1.29, 1.82) is 0 Å². The average Bonchev–Trinajstić information content (AvgIpc) is 2.68. The summed E-state index contributed by atoms with van der Waals surface area (Å²) < 4.78 is 30.5. The molecular weight excluding hydrogens is 312 g/mol. The Hall–Kier alpha value is -2.41. The molecule has 1 saturated heterocycles. The molecule has 3 amide bonds. The Balaban J connectivity index is 2.76. The number of thioether (sulfide) groups is 1. The van der Waals surface area contributed by atoms with Crippen LogP contribution in [0.25, 0.3) is 0 Å². The lowest BCUT2D eigenvalue weighted by atomic mass is 10.2. The van der Waals surface area contributed by atoms with E-state index < -0.39 is 40.5 Å². The largest absolute Gasteiger partial charge is 0.464 e. The molecule has 0 unspecified atom stereocenters. The van der Waals surface area contributed by atoms with Crippen molar-refractivity contribution in [2.75, 3.05) is 0 Å². The Kier molecular flexibility index (Phi) is 5.04. The zero-order valence-corrected chi connectivity index (χ0v) is 11.0. The predicted octanol–water partition coefficient (Wildman–Crippen LogP) is 1.79. The first kappa shape index (κ1) is 16.6. The molecule has 0 aromatic carbocycles. The van der Waals surface area contributed by atoms with Gasteiger partial charge in [0.1, 0.15) is 11.2 Å². The van der Waals surface area contributed by atoms with Gasteiger partial charge in [0.2, 0.25) is 0 Å². The SMILES string of the molecule is C#CCCC(F)(F)C(=O)OC=C1SC(=O)N(C(=O)O)C1=O. The standard InChI is InChI=1S/C11H7F2NO6S/c1-2-3-4-11(12,13)8(16)20-5-6-7(15)14(9(17)18)10(19)21-6/h1,5H,3-4H2,(H,17,18). The summed E-state index contributed by atoms with van der Waals surface area (Å²) in [5.41, 5.74) is 0. The maximum atomic E-state index is 13.2. The van der Waals surface area contributed by atoms with Crippen LogP contribution in [0, 0.1) is 12.3 Å². The maximum Gasteiger partial charge on any atom is 0.422 e. The molecule has 0 aromatic rings. The number of terminal acetylenes is 1. The third kappa shape index (κ3) is 3.79. The Bertz CT molecular complexity index is 580. The third-order valence-corrected chi connectivity index (χ3v) is 2.99. The molecular formula is C11H7F2NO6S. The van der Waals surface area contributed by atoms with Crippen LogP contribution in [0.15, 0.2) is 11.2 Å². The second-order valence-electron chi connectivity index (χ2n) is 3.59. The van der Waals surface area contributed by atoms with Crippen molar-refractivity contribution in [2.24, 2.45) is 0 Å². The summed E-state index contributed by atoms with van der Waals surface area (Å²) in [5.74, 6) is -5.16. The molecule has 0 bridgehead atoms. The van der Waals surface area contributed by atoms with Crippen LogP contribution in [-0.4, -0.2) is 39.1 Å². The van der Waals surface area contributed by atoms with Crippen molar-refractivity contribution in [3.63, 3.8) is 0 Å². The number of amides is 3. The highest BCUT2D eigenvalue weighted by Gasteiger charge is 2.42. The molecule has 21 heavy (non-hydrogen) atoms. The van der Waals surface area contributed by atoms with Gasteiger partial charge in [-0.25, -0.2) is 9.59 Å². The predicted molar refractivity (Wildman–Crippen MR) is 65.0 cm³/mol. The van der Waals surface area contributed by atoms with Gasteiger partial charge < -0.3 is 9.84 Å². The number of esters is 1. The number of hydrogen-bond donors (Lipinski definition) is 1. The lowest BCUT2D eigenvalue weighted by molar-refractivity contribution is -0.166. The van der Waals surface area contributed by atoms with E-state index in [1.807, 2.05) is 5.92 Å². The Morgan fingerprint density at radius 1 is 1.48 bits per heavy atom. The quantitative estimate of drug-likeness (QED) is 0.365. The van der Waals surface area contributed by atoms with Crippen LogP contribution in [0.4, 0.5) is 18.4 Å². The highest BCUT2D eigenvalue weighted by atomic mass is 32.2. The van der Waals surface area contributed by atoms with E-state index in [9.17, 15) is 28.0 Å². The normalized spacial score (nSPS) is 17.0. The minimum atomic E-state index is -3.85. The molecule has 1 heterocycles. The number of halogens is 2. The lowest BCUT2D eigenvalue weighted by Crippen LogP contribution is -2.33. The molecule has 1 N–H and O–H groups in total. The Labute approximate surface area is 120 Å². The fourth-order valence-electron chi connectivity index (χ4n) is 1.14. The summed E-state index contributed by atoms with van der Waals surface area (Å²) in [6.07, 6.45) is 1.98. The van der Waals surface area contributed by atoms with E-state index in [1.165, 1.54) is 0 Å². The molecule has 1 fully saturated rings. The molecule has 1 aliphatic heterocycles. The van der Waals surface area contributed by atoms with E-state index in [0.717, 1.165) is 0 Å². The fourth-order valence-corrected chi connectivity index (χ4v) is 1.86. The molecule has 0 radical (unpaired) electrons. The fraction of sp³-hybridized carbons (Fsp3) is 0.273. The van der Waals surface area contributed by atoms with Crippen molar-refractivity contribution < 1.29 is 37.8 Å². The van der Waals surface area contributed by atoms with Gasteiger partial charge in [-0.3, -0.25) is 9.59 Å². The molecule has 0 aromatic heterocycles. The number of hydrogen-bond acceptors (Lipinski definition) is 6. The third-order valence-electron chi connectivity index (χ3n) is 2.14. The van der Waals surface area contributed by atoms with Crippen molar-refractivity contribution in [2.45, 2.75) is 18.8 Å². The van der Waals surface area contributed by atoms with Gasteiger partial charge in [0.25, 0.3) is 5.91 Å². The Morgan fingerprint density at radius 3 is 2.57 bits per heavy atom.